The van der Waals surface area contributed by atoms with E-state index in [1.807, 2.05) is 24.3 Å². The van der Waals surface area contributed by atoms with Gasteiger partial charge in [0, 0.05) is 5.56 Å². The first-order valence-corrected chi connectivity index (χ1v) is 9.18. The fraction of sp³-hybridized carbons (Fsp3) is 0.150. The molecule has 0 bridgehead atoms. The Morgan fingerprint density at radius 1 is 1.23 bits per heavy atom. The molecule has 0 atom stereocenters. The van der Waals surface area contributed by atoms with Gasteiger partial charge in [-0.1, -0.05) is 12.1 Å². The van der Waals surface area contributed by atoms with E-state index in [4.69, 9.17) is 15.2 Å². The molecule has 4 rings (SSSR count). The summed E-state index contributed by atoms with van der Waals surface area (Å²) in [4.78, 5) is 17.1. The number of para-hydroxylation sites is 2. The maximum Gasteiger partial charge on any atom is 0.260 e. The van der Waals surface area contributed by atoms with Crippen molar-refractivity contribution in [2.75, 3.05) is 20.0 Å². The quantitative estimate of drug-likeness (QED) is 0.340. The molecule has 158 valence electrons. The van der Waals surface area contributed by atoms with Gasteiger partial charge in [0.2, 0.25) is 0 Å². The number of methoxy groups -OCH3 is 2. The summed E-state index contributed by atoms with van der Waals surface area (Å²) in [7, 11) is 3.11. The molecule has 11 nitrogen and oxygen atoms in total. The molecule has 0 aliphatic heterocycles. The molecule has 0 unspecified atom stereocenters. The van der Waals surface area contributed by atoms with Crippen molar-refractivity contribution in [3.63, 3.8) is 0 Å². The number of aromatic nitrogens is 4. The SMILES string of the molecule is COc1ccc(OC)c(C=NNC(=O)Cn2c(-c3nonc3N)nc3ccccc32)c1. The number of nitrogen functional groups attached to an aromatic ring is 1. The molecule has 4 aromatic rings. The third-order valence-corrected chi connectivity index (χ3v) is 4.51. The van der Waals surface area contributed by atoms with Crippen LogP contribution in [0.2, 0.25) is 0 Å². The second kappa shape index (κ2) is 8.53. The number of fused-ring (bicyclic) bond motifs is 1. The predicted molar refractivity (Wildman–Crippen MR) is 113 cm³/mol. The van der Waals surface area contributed by atoms with Gasteiger partial charge in [-0.3, -0.25) is 4.79 Å². The number of carbonyl (C=O) groups is 1. The fourth-order valence-electron chi connectivity index (χ4n) is 3.06. The Hall–Kier alpha value is -4.41. The number of hydrogen-bond donors (Lipinski definition) is 2. The van der Waals surface area contributed by atoms with Crippen molar-refractivity contribution >= 4 is 29.0 Å². The van der Waals surface area contributed by atoms with Crippen molar-refractivity contribution in [2.24, 2.45) is 5.10 Å². The summed E-state index contributed by atoms with van der Waals surface area (Å²) in [6.07, 6.45) is 1.48. The summed E-state index contributed by atoms with van der Waals surface area (Å²) in [5, 5.41) is 11.4. The topological polar surface area (TPSA) is 143 Å². The molecule has 0 spiro atoms. The molecule has 0 radical (unpaired) electrons. The molecule has 2 heterocycles. The van der Waals surface area contributed by atoms with Gasteiger partial charge in [-0.2, -0.15) is 5.10 Å². The third kappa shape index (κ3) is 4.01. The van der Waals surface area contributed by atoms with Crippen LogP contribution in [0.5, 0.6) is 11.5 Å². The normalized spacial score (nSPS) is 11.2. The maximum atomic E-state index is 12.6. The highest BCUT2D eigenvalue weighted by Crippen LogP contribution is 2.26. The van der Waals surface area contributed by atoms with E-state index in [1.54, 1.807) is 37.0 Å². The van der Waals surface area contributed by atoms with Crippen LogP contribution in [-0.4, -0.2) is 46.2 Å². The van der Waals surface area contributed by atoms with E-state index in [9.17, 15) is 4.79 Å². The van der Waals surface area contributed by atoms with Crippen molar-refractivity contribution in [3.8, 4) is 23.0 Å². The number of rotatable bonds is 7. The Bertz CT molecular complexity index is 1260. The van der Waals surface area contributed by atoms with Crippen molar-refractivity contribution in [3.05, 3.63) is 48.0 Å². The minimum absolute atomic E-state index is 0.0747. The zero-order valence-electron chi connectivity index (χ0n) is 16.8. The van der Waals surface area contributed by atoms with E-state index >= 15 is 0 Å². The first kappa shape index (κ1) is 19.9. The second-order valence-electron chi connectivity index (χ2n) is 6.41. The lowest BCUT2D eigenvalue weighted by Gasteiger charge is -2.08. The van der Waals surface area contributed by atoms with Gasteiger partial charge >= 0.3 is 0 Å². The number of hydrazone groups is 1. The molecule has 2 aromatic carbocycles. The van der Waals surface area contributed by atoms with Crippen LogP contribution in [0.4, 0.5) is 5.82 Å². The monoisotopic (exact) mass is 421 g/mol. The lowest BCUT2D eigenvalue weighted by Crippen LogP contribution is -2.23. The van der Waals surface area contributed by atoms with Gasteiger partial charge in [0.05, 0.1) is 31.5 Å². The first-order chi connectivity index (χ1) is 15.1. The molecule has 0 saturated heterocycles. The van der Waals surface area contributed by atoms with Gasteiger partial charge in [0.25, 0.3) is 5.91 Å². The van der Waals surface area contributed by atoms with Crippen LogP contribution in [0.1, 0.15) is 5.56 Å². The predicted octanol–water partition coefficient (Wildman–Crippen LogP) is 1.84. The number of amides is 1. The largest absolute Gasteiger partial charge is 0.497 e. The highest BCUT2D eigenvalue weighted by Gasteiger charge is 2.20. The Kier molecular flexibility index (Phi) is 5.47. The van der Waals surface area contributed by atoms with E-state index in [0.29, 0.717) is 28.4 Å². The van der Waals surface area contributed by atoms with E-state index in [2.05, 4.69) is 30.5 Å². The maximum absolute atomic E-state index is 12.6. The summed E-state index contributed by atoms with van der Waals surface area (Å²) in [6.45, 7) is -0.0747. The molecule has 0 aliphatic carbocycles. The number of ether oxygens (including phenoxy) is 2. The van der Waals surface area contributed by atoms with Gasteiger partial charge in [-0.15, -0.1) is 0 Å². The van der Waals surface area contributed by atoms with Crippen molar-refractivity contribution < 1.29 is 18.9 Å². The Morgan fingerprint density at radius 3 is 2.81 bits per heavy atom. The standard InChI is InChI=1S/C20H19N7O4/c1-29-13-7-8-16(30-2)12(9-13)10-22-24-17(28)11-27-15-6-4-3-5-14(15)23-20(27)18-19(21)26-31-25-18/h3-10H,11H2,1-2H3,(H2,21,26)(H,24,28). The Morgan fingerprint density at radius 2 is 2.06 bits per heavy atom. The molecule has 0 aliphatic rings. The lowest BCUT2D eigenvalue weighted by atomic mass is 10.2. The van der Waals surface area contributed by atoms with Crippen LogP contribution >= 0.6 is 0 Å². The molecule has 0 fully saturated rings. The number of nitrogens with one attached hydrogen (secondary N) is 1. The smallest absolute Gasteiger partial charge is 0.260 e. The van der Waals surface area contributed by atoms with Gasteiger partial charge in [-0.25, -0.2) is 15.0 Å². The van der Waals surface area contributed by atoms with Crippen molar-refractivity contribution in [1.82, 2.24) is 25.3 Å². The Labute approximate surface area is 176 Å². The molecule has 3 N–H and O–H groups in total. The molecule has 31 heavy (non-hydrogen) atoms. The summed E-state index contributed by atoms with van der Waals surface area (Å²) < 4.78 is 16.9. The highest BCUT2D eigenvalue weighted by atomic mass is 16.6. The fourth-order valence-corrected chi connectivity index (χ4v) is 3.06. The minimum Gasteiger partial charge on any atom is -0.497 e. The number of hydrogen-bond acceptors (Lipinski definition) is 9. The van der Waals surface area contributed by atoms with E-state index in [1.165, 1.54) is 6.21 Å². The first-order valence-electron chi connectivity index (χ1n) is 9.18. The number of anilines is 1. The summed E-state index contributed by atoms with van der Waals surface area (Å²) in [5.74, 6) is 1.31. The van der Waals surface area contributed by atoms with Crippen LogP contribution < -0.4 is 20.6 Å². The highest BCUT2D eigenvalue weighted by molar-refractivity contribution is 5.87. The van der Waals surface area contributed by atoms with E-state index in [0.717, 1.165) is 5.52 Å². The average molecular weight is 421 g/mol. The van der Waals surface area contributed by atoms with Crippen LogP contribution in [-0.2, 0) is 11.3 Å². The number of imidazole rings is 1. The zero-order valence-corrected chi connectivity index (χ0v) is 16.8. The van der Waals surface area contributed by atoms with Gasteiger partial charge < -0.3 is 19.8 Å². The van der Waals surface area contributed by atoms with Crippen molar-refractivity contribution in [2.45, 2.75) is 6.54 Å². The summed E-state index contributed by atoms with van der Waals surface area (Å²) in [5.41, 5.74) is 10.6. The molecule has 0 saturated carbocycles. The number of carbonyl (C=O) groups excluding carboxylic acids is 1. The summed E-state index contributed by atoms with van der Waals surface area (Å²) in [6, 6.07) is 12.6. The van der Waals surface area contributed by atoms with Gasteiger partial charge in [0.1, 0.15) is 18.0 Å². The molecule has 11 heteroatoms. The van der Waals surface area contributed by atoms with Gasteiger partial charge in [-0.05, 0) is 40.6 Å². The van der Waals surface area contributed by atoms with Crippen LogP contribution in [0.25, 0.3) is 22.6 Å². The Balaban J connectivity index is 1.57. The van der Waals surface area contributed by atoms with E-state index in [-0.39, 0.29) is 24.0 Å². The lowest BCUT2D eigenvalue weighted by molar-refractivity contribution is -0.121. The van der Waals surface area contributed by atoms with Crippen LogP contribution in [0.15, 0.2) is 52.2 Å². The number of nitrogens with two attached hydrogens (primary N) is 1. The second-order valence-corrected chi connectivity index (χ2v) is 6.41. The number of nitrogens with zero attached hydrogens (tertiary/aromatic N) is 5. The van der Waals surface area contributed by atoms with E-state index < -0.39 is 0 Å². The molecule has 1 amide bonds. The van der Waals surface area contributed by atoms with Crippen molar-refractivity contribution in [1.29, 1.82) is 0 Å². The van der Waals surface area contributed by atoms with Crippen LogP contribution in [0.3, 0.4) is 0 Å². The molecular formula is C20H19N7O4. The molecular weight excluding hydrogens is 402 g/mol. The number of benzene rings is 2. The minimum atomic E-state index is -0.377. The average Bonchev–Trinajstić information content (AvgIpc) is 3.37. The van der Waals surface area contributed by atoms with Crippen LogP contribution in [0, 0.1) is 0 Å². The third-order valence-electron chi connectivity index (χ3n) is 4.51. The van der Waals surface area contributed by atoms with Gasteiger partial charge in [0.15, 0.2) is 17.3 Å². The molecule has 2 aromatic heterocycles. The summed E-state index contributed by atoms with van der Waals surface area (Å²) >= 11 is 0. The zero-order chi connectivity index (χ0) is 21.8.